The van der Waals surface area contributed by atoms with E-state index in [4.69, 9.17) is 9.47 Å². The Kier molecular flexibility index (Phi) is 53.9. The van der Waals surface area contributed by atoms with Crippen LogP contribution in [0.2, 0.25) is 0 Å². The molecule has 1 saturated heterocycles. The van der Waals surface area contributed by atoms with Gasteiger partial charge in [0.15, 0.2) is 6.29 Å². The van der Waals surface area contributed by atoms with E-state index in [9.17, 15) is 30.3 Å². The number of nitrogens with one attached hydrogen (secondary N) is 1. The van der Waals surface area contributed by atoms with Gasteiger partial charge in [-0.25, -0.2) is 0 Å². The van der Waals surface area contributed by atoms with E-state index in [1.165, 1.54) is 122 Å². The standard InChI is InChI=1S/C70H119NO8/c1-3-5-7-9-11-13-15-17-19-21-23-25-27-28-29-30-31-32-33-34-35-36-38-40-42-44-46-48-50-52-54-56-58-60-66(74)71-63(62-78-70-69(77)68(76)67(75)65(61-72)79-70)64(73)59-57-55-53-51-49-47-45-43-41-39-37-26-24-22-20-18-16-14-12-10-8-6-4-2/h5,7,11,13,17,19,23,25,28-29,31-32,34-35,38,40,44,46,57,59,63-65,67-70,72-73,75-77H,3-4,6,8-10,12,14-16,18,20-22,24,26-27,30,33,36-37,39,41-43,45,47-56,58,60-62H2,1-2H3,(H,71,74)/b7-5-,13-11-,19-17-,25-23-,29-28-,32-31-,35-34-,40-38-,46-44-,59-57+. The monoisotopic (exact) mass is 1100 g/mol. The molecule has 7 atom stereocenters. The predicted octanol–water partition coefficient (Wildman–Crippen LogP) is 17.1. The van der Waals surface area contributed by atoms with E-state index in [0.29, 0.717) is 6.42 Å². The Bertz CT molecular complexity index is 1660. The summed E-state index contributed by atoms with van der Waals surface area (Å²) >= 11 is 0. The fourth-order valence-corrected chi connectivity index (χ4v) is 9.50. The Hall–Kier alpha value is -3.41. The molecule has 452 valence electrons. The van der Waals surface area contributed by atoms with Gasteiger partial charge < -0.3 is 40.3 Å². The van der Waals surface area contributed by atoms with E-state index < -0.39 is 49.5 Å². The van der Waals surface area contributed by atoms with Crippen molar-refractivity contribution in [2.75, 3.05) is 13.2 Å². The first-order valence-corrected chi connectivity index (χ1v) is 32.3. The van der Waals surface area contributed by atoms with Gasteiger partial charge in [0.1, 0.15) is 24.4 Å². The van der Waals surface area contributed by atoms with E-state index >= 15 is 0 Å². The third kappa shape index (κ3) is 46.9. The summed E-state index contributed by atoms with van der Waals surface area (Å²) in [6, 6.07) is -0.826. The summed E-state index contributed by atoms with van der Waals surface area (Å²) < 4.78 is 11.3. The number of aliphatic hydroxyl groups is 5. The van der Waals surface area contributed by atoms with Crippen LogP contribution in [0.25, 0.3) is 0 Å². The molecule has 79 heavy (non-hydrogen) atoms. The molecule has 9 nitrogen and oxygen atoms in total. The second-order valence-electron chi connectivity index (χ2n) is 21.8. The average molecular weight is 1100 g/mol. The number of ether oxygens (including phenoxy) is 2. The maximum atomic E-state index is 13.1. The lowest BCUT2D eigenvalue weighted by Gasteiger charge is -2.40. The van der Waals surface area contributed by atoms with Crippen LogP contribution < -0.4 is 5.32 Å². The van der Waals surface area contributed by atoms with E-state index in [1.54, 1.807) is 6.08 Å². The fourth-order valence-electron chi connectivity index (χ4n) is 9.50. The molecule has 1 heterocycles. The van der Waals surface area contributed by atoms with Crippen LogP contribution in [0.15, 0.2) is 122 Å². The van der Waals surface area contributed by atoms with Gasteiger partial charge in [0.05, 0.1) is 25.4 Å². The summed E-state index contributed by atoms with van der Waals surface area (Å²) in [5.74, 6) is -0.199. The summed E-state index contributed by atoms with van der Waals surface area (Å²) in [4.78, 5) is 13.1. The number of carbonyl (C=O) groups excluding carboxylic acids is 1. The highest BCUT2D eigenvalue weighted by molar-refractivity contribution is 5.76. The van der Waals surface area contributed by atoms with Gasteiger partial charge in [-0.05, 0) is 89.9 Å². The highest BCUT2D eigenvalue weighted by atomic mass is 16.7. The molecule has 1 fully saturated rings. The first-order chi connectivity index (χ1) is 38.8. The first-order valence-electron chi connectivity index (χ1n) is 32.3. The van der Waals surface area contributed by atoms with Crippen molar-refractivity contribution in [1.82, 2.24) is 5.32 Å². The van der Waals surface area contributed by atoms with Gasteiger partial charge in [-0.15, -0.1) is 0 Å². The minimum atomic E-state index is -1.58. The Balaban J connectivity index is 2.23. The van der Waals surface area contributed by atoms with Crippen LogP contribution in [0.1, 0.15) is 258 Å². The Morgan fingerprint density at radius 3 is 1.16 bits per heavy atom. The number of aliphatic hydroxyl groups excluding tert-OH is 5. The van der Waals surface area contributed by atoms with Gasteiger partial charge in [0.2, 0.25) is 5.91 Å². The zero-order chi connectivity index (χ0) is 57.2. The summed E-state index contributed by atoms with van der Waals surface area (Å²) in [6.45, 7) is 3.67. The second-order valence-corrected chi connectivity index (χ2v) is 21.8. The molecular weight excluding hydrogens is 983 g/mol. The molecule has 7 unspecified atom stereocenters. The quantitative estimate of drug-likeness (QED) is 0.0261. The van der Waals surface area contributed by atoms with E-state index in [-0.39, 0.29) is 12.5 Å². The maximum absolute atomic E-state index is 13.1. The van der Waals surface area contributed by atoms with Gasteiger partial charge in [-0.2, -0.15) is 0 Å². The lowest BCUT2D eigenvalue weighted by molar-refractivity contribution is -0.302. The molecule has 0 spiro atoms. The summed E-state index contributed by atoms with van der Waals surface area (Å²) in [5.41, 5.74) is 0. The van der Waals surface area contributed by atoms with E-state index in [2.05, 4.69) is 129 Å². The average Bonchev–Trinajstić information content (AvgIpc) is 3.47. The van der Waals surface area contributed by atoms with Crippen molar-refractivity contribution in [3.63, 3.8) is 0 Å². The third-order valence-corrected chi connectivity index (χ3v) is 14.5. The van der Waals surface area contributed by atoms with Gasteiger partial charge in [0.25, 0.3) is 0 Å². The summed E-state index contributed by atoms with van der Waals surface area (Å²) in [5, 5.41) is 54.7. The number of amides is 1. The zero-order valence-electron chi connectivity index (χ0n) is 50.3. The minimum absolute atomic E-state index is 0.199. The molecular formula is C70H119NO8. The molecule has 6 N–H and O–H groups in total. The molecule has 0 aromatic rings. The van der Waals surface area contributed by atoms with Crippen LogP contribution in [0.4, 0.5) is 0 Å². The molecule has 9 heteroatoms. The Morgan fingerprint density at radius 1 is 0.443 bits per heavy atom. The van der Waals surface area contributed by atoms with Gasteiger partial charge >= 0.3 is 0 Å². The number of hydrogen-bond donors (Lipinski definition) is 6. The molecule has 1 rings (SSSR count). The maximum Gasteiger partial charge on any atom is 0.220 e. The number of allylic oxidation sites excluding steroid dienone is 19. The van der Waals surface area contributed by atoms with Crippen molar-refractivity contribution in [2.45, 2.75) is 301 Å². The van der Waals surface area contributed by atoms with Gasteiger partial charge in [-0.3, -0.25) is 4.79 Å². The number of hydrogen-bond acceptors (Lipinski definition) is 8. The topological polar surface area (TPSA) is 149 Å². The lowest BCUT2D eigenvalue weighted by atomic mass is 9.99. The van der Waals surface area contributed by atoms with Gasteiger partial charge in [-0.1, -0.05) is 283 Å². The third-order valence-electron chi connectivity index (χ3n) is 14.5. The van der Waals surface area contributed by atoms with Crippen LogP contribution in [-0.4, -0.2) is 87.5 Å². The normalized spacial score (nSPS) is 19.4. The fraction of sp³-hybridized carbons (Fsp3) is 0.700. The smallest absolute Gasteiger partial charge is 0.220 e. The molecule has 0 aromatic heterocycles. The number of unbranched alkanes of at least 4 members (excludes halogenated alkanes) is 26. The first kappa shape index (κ1) is 73.6. The molecule has 1 amide bonds. The molecule has 0 saturated carbocycles. The van der Waals surface area contributed by atoms with Crippen molar-refractivity contribution in [3.05, 3.63) is 122 Å². The highest BCUT2D eigenvalue weighted by Gasteiger charge is 2.44. The Morgan fingerprint density at radius 2 is 0.785 bits per heavy atom. The Labute approximate surface area is 484 Å². The largest absolute Gasteiger partial charge is 0.394 e. The molecule has 0 radical (unpaired) electrons. The summed E-state index contributed by atoms with van der Waals surface area (Å²) in [6.07, 6.45) is 79.8. The van der Waals surface area contributed by atoms with Crippen molar-refractivity contribution in [3.8, 4) is 0 Å². The predicted molar refractivity (Wildman–Crippen MR) is 336 cm³/mol. The second kappa shape index (κ2) is 57.8. The number of carbonyl (C=O) groups is 1. The SMILES string of the molecule is CC/C=C\C/C=C\C/C=C\C/C=C\C/C=C\C/C=C\C/C=C\C/C=C\C/C=C\CCCCCCCC(=O)NC(COC1OC(CO)C(O)C(O)C1O)C(O)/C=C/CCCCCCCCCCCCCCCCCCCCCCC. The lowest BCUT2D eigenvalue weighted by Crippen LogP contribution is -2.60. The summed E-state index contributed by atoms with van der Waals surface area (Å²) in [7, 11) is 0. The molecule has 0 aromatic carbocycles. The van der Waals surface area contributed by atoms with Crippen molar-refractivity contribution in [1.29, 1.82) is 0 Å². The van der Waals surface area contributed by atoms with Crippen LogP contribution in [0.3, 0.4) is 0 Å². The van der Waals surface area contributed by atoms with Crippen LogP contribution in [0, 0.1) is 0 Å². The zero-order valence-corrected chi connectivity index (χ0v) is 50.3. The van der Waals surface area contributed by atoms with Crippen LogP contribution in [0.5, 0.6) is 0 Å². The van der Waals surface area contributed by atoms with Crippen molar-refractivity contribution < 1.29 is 39.8 Å². The molecule has 0 aliphatic carbocycles. The number of rotatable bonds is 54. The van der Waals surface area contributed by atoms with Crippen LogP contribution >= 0.6 is 0 Å². The van der Waals surface area contributed by atoms with Crippen molar-refractivity contribution in [2.24, 2.45) is 0 Å². The van der Waals surface area contributed by atoms with E-state index in [0.717, 1.165) is 116 Å². The van der Waals surface area contributed by atoms with Crippen LogP contribution in [-0.2, 0) is 14.3 Å². The minimum Gasteiger partial charge on any atom is -0.394 e. The molecule has 1 aliphatic rings. The van der Waals surface area contributed by atoms with Crippen molar-refractivity contribution >= 4 is 5.91 Å². The van der Waals surface area contributed by atoms with E-state index in [1.807, 2.05) is 6.08 Å². The molecule has 1 aliphatic heterocycles. The highest BCUT2D eigenvalue weighted by Crippen LogP contribution is 2.23. The van der Waals surface area contributed by atoms with Gasteiger partial charge in [0, 0.05) is 6.42 Å². The molecule has 0 bridgehead atoms.